The molecule has 1 aromatic rings. The van der Waals surface area contributed by atoms with Crippen molar-refractivity contribution < 1.29 is 10.0 Å². The summed E-state index contributed by atoms with van der Waals surface area (Å²) >= 11 is 0. The number of hydrogen-bond acceptors (Lipinski definition) is 3. The Morgan fingerprint density at radius 2 is 1.94 bits per heavy atom. The van der Waals surface area contributed by atoms with E-state index in [-0.39, 0.29) is 0 Å². The zero-order chi connectivity index (χ0) is 12.8. The quantitative estimate of drug-likeness (QED) is 0.488. The first kappa shape index (κ1) is 12.6. The predicted molar refractivity (Wildman–Crippen MR) is 71.5 cm³/mol. The lowest BCUT2D eigenvalue weighted by Crippen LogP contribution is -2.29. The molecule has 0 atom stereocenters. The Kier molecular flexibility index (Phi) is 4.36. The monoisotopic (exact) mass is 246 g/mol. The molecule has 1 saturated heterocycles. The molecule has 2 N–H and O–H groups in total. The van der Waals surface area contributed by atoms with Crippen LogP contribution in [0.2, 0.25) is 0 Å². The molecule has 1 aromatic carbocycles. The van der Waals surface area contributed by atoms with Crippen molar-refractivity contribution in [2.24, 2.45) is 0 Å². The summed E-state index contributed by atoms with van der Waals surface area (Å²) < 4.78 is 0. The summed E-state index contributed by atoms with van der Waals surface area (Å²) in [7, 11) is 0. The number of nitrogens with zero attached hydrogens (tertiary/aromatic N) is 1. The zero-order valence-electron chi connectivity index (χ0n) is 10.3. The Labute approximate surface area is 107 Å². The molecule has 4 heteroatoms. The molecule has 1 aliphatic rings. The lowest BCUT2D eigenvalue weighted by molar-refractivity contribution is -0.124. The highest BCUT2D eigenvalue weighted by Crippen LogP contribution is 2.24. The molecule has 0 aromatic heterocycles. The van der Waals surface area contributed by atoms with E-state index in [1.807, 2.05) is 18.2 Å². The van der Waals surface area contributed by atoms with Gasteiger partial charge in [0.1, 0.15) is 0 Å². The van der Waals surface area contributed by atoms with Crippen LogP contribution in [0.1, 0.15) is 24.8 Å². The molecule has 0 unspecified atom stereocenters. The summed E-state index contributed by atoms with van der Waals surface area (Å²) in [5, 5.41) is 8.47. The van der Waals surface area contributed by atoms with E-state index >= 15 is 0 Å². The maximum absolute atomic E-state index is 11.0. The van der Waals surface area contributed by atoms with Crippen molar-refractivity contribution in [1.82, 2.24) is 5.48 Å². The second-order valence-corrected chi connectivity index (χ2v) is 4.42. The summed E-state index contributed by atoms with van der Waals surface area (Å²) in [6, 6.07) is 8.00. The molecule has 18 heavy (non-hydrogen) atoms. The molecule has 0 bridgehead atoms. The minimum Gasteiger partial charge on any atom is -0.371 e. The van der Waals surface area contributed by atoms with E-state index in [1.54, 1.807) is 11.6 Å². The third-order valence-electron chi connectivity index (χ3n) is 3.16. The fourth-order valence-corrected chi connectivity index (χ4v) is 2.25. The van der Waals surface area contributed by atoms with Crippen LogP contribution in [0.5, 0.6) is 0 Å². The summed E-state index contributed by atoms with van der Waals surface area (Å²) in [4.78, 5) is 13.4. The molecule has 1 fully saturated rings. The average Bonchev–Trinajstić information content (AvgIpc) is 2.46. The van der Waals surface area contributed by atoms with Crippen molar-refractivity contribution in [3.63, 3.8) is 0 Å². The molecular weight excluding hydrogens is 228 g/mol. The van der Waals surface area contributed by atoms with E-state index in [0.717, 1.165) is 24.3 Å². The standard InChI is InChI=1S/C14H18N2O2/c17-14(15-18)9-8-12-6-2-3-7-13(12)16-10-4-1-5-11-16/h2-3,6-9,18H,1,4-5,10-11H2,(H,15,17)/b9-8+. The van der Waals surface area contributed by atoms with Gasteiger partial charge in [-0.15, -0.1) is 0 Å². The Hall–Kier alpha value is -1.81. The van der Waals surface area contributed by atoms with Crippen LogP contribution >= 0.6 is 0 Å². The van der Waals surface area contributed by atoms with E-state index in [4.69, 9.17) is 5.21 Å². The first-order valence-electron chi connectivity index (χ1n) is 6.27. The summed E-state index contributed by atoms with van der Waals surface area (Å²) in [5.41, 5.74) is 3.75. The molecule has 96 valence electrons. The number of rotatable bonds is 3. The summed E-state index contributed by atoms with van der Waals surface area (Å²) in [6.45, 7) is 2.13. The zero-order valence-corrected chi connectivity index (χ0v) is 10.3. The Balaban J connectivity index is 2.19. The van der Waals surface area contributed by atoms with Crippen molar-refractivity contribution in [3.8, 4) is 0 Å². The van der Waals surface area contributed by atoms with Crippen LogP contribution in [0.4, 0.5) is 5.69 Å². The second-order valence-electron chi connectivity index (χ2n) is 4.42. The highest BCUT2D eigenvalue weighted by atomic mass is 16.5. The molecule has 1 heterocycles. The fraction of sp³-hybridized carbons (Fsp3) is 0.357. The van der Waals surface area contributed by atoms with E-state index in [2.05, 4.69) is 11.0 Å². The molecular formula is C14H18N2O2. The molecule has 0 aliphatic carbocycles. The van der Waals surface area contributed by atoms with Crippen molar-refractivity contribution in [2.45, 2.75) is 19.3 Å². The molecule has 4 nitrogen and oxygen atoms in total. The number of benzene rings is 1. The maximum Gasteiger partial charge on any atom is 0.267 e. The average molecular weight is 246 g/mol. The predicted octanol–water partition coefficient (Wildman–Crippen LogP) is 2.20. The number of amides is 1. The van der Waals surface area contributed by atoms with Crippen molar-refractivity contribution in [1.29, 1.82) is 0 Å². The second kappa shape index (κ2) is 6.21. The molecule has 1 aliphatic heterocycles. The first-order valence-corrected chi connectivity index (χ1v) is 6.27. The Morgan fingerprint density at radius 3 is 2.67 bits per heavy atom. The van der Waals surface area contributed by atoms with Gasteiger partial charge in [-0.1, -0.05) is 18.2 Å². The SMILES string of the molecule is O=C(/C=C/c1ccccc1N1CCCCC1)NO. The first-order chi connectivity index (χ1) is 8.81. The number of carbonyl (C=O) groups excluding carboxylic acids is 1. The van der Waals surface area contributed by atoms with Gasteiger partial charge in [-0.3, -0.25) is 10.0 Å². The third kappa shape index (κ3) is 3.11. The Morgan fingerprint density at radius 1 is 1.22 bits per heavy atom. The number of para-hydroxylation sites is 1. The van der Waals surface area contributed by atoms with Crippen molar-refractivity contribution in [2.75, 3.05) is 18.0 Å². The smallest absolute Gasteiger partial charge is 0.267 e. The van der Waals surface area contributed by atoms with Gasteiger partial charge in [0.2, 0.25) is 0 Å². The molecule has 0 radical (unpaired) electrons. The summed E-state index contributed by atoms with van der Waals surface area (Å²) in [5.74, 6) is -0.511. The normalized spacial score (nSPS) is 15.9. The molecule has 0 saturated carbocycles. The van der Waals surface area contributed by atoms with Crippen LogP contribution in [-0.4, -0.2) is 24.2 Å². The molecule has 1 amide bonds. The van der Waals surface area contributed by atoms with Gasteiger partial charge in [-0.05, 0) is 37.0 Å². The van der Waals surface area contributed by atoms with Gasteiger partial charge < -0.3 is 4.90 Å². The van der Waals surface area contributed by atoms with Crippen LogP contribution in [0.15, 0.2) is 30.3 Å². The Bertz CT molecular complexity index is 437. The van der Waals surface area contributed by atoms with Crippen LogP contribution in [0.25, 0.3) is 6.08 Å². The lowest BCUT2D eigenvalue weighted by Gasteiger charge is -2.30. The van der Waals surface area contributed by atoms with Gasteiger partial charge in [0.05, 0.1) is 0 Å². The summed E-state index contributed by atoms with van der Waals surface area (Å²) in [6.07, 6.45) is 6.80. The number of nitrogens with one attached hydrogen (secondary N) is 1. The van der Waals surface area contributed by atoms with Gasteiger partial charge in [0, 0.05) is 24.9 Å². The number of hydrogen-bond donors (Lipinski definition) is 2. The number of carbonyl (C=O) groups is 1. The van der Waals surface area contributed by atoms with Gasteiger partial charge in [0.25, 0.3) is 5.91 Å². The van der Waals surface area contributed by atoms with E-state index < -0.39 is 5.91 Å². The molecule has 2 rings (SSSR count). The van der Waals surface area contributed by atoms with Gasteiger partial charge in [-0.25, -0.2) is 5.48 Å². The minimum absolute atomic E-state index is 0.511. The van der Waals surface area contributed by atoms with Gasteiger partial charge in [-0.2, -0.15) is 0 Å². The fourth-order valence-electron chi connectivity index (χ4n) is 2.25. The van der Waals surface area contributed by atoms with Gasteiger partial charge in [0.15, 0.2) is 0 Å². The minimum atomic E-state index is -0.511. The molecule has 0 spiro atoms. The van der Waals surface area contributed by atoms with Crippen LogP contribution in [0, 0.1) is 0 Å². The van der Waals surface area contributed by atoms with Gasteiger partial charge >= 0.3 is 0 Å². The number of anilines is 1. The van der Waals surface area contributed by atoms with E-state index in [9.17, 15) is 4.79 Å². The maximum atomic E-state index is 11.0. The topological polar surface area (TPSA) is 52.6 Å². The lowest BCUT2D eigenvalue weighted by atomic mass is 10.1. The van der Waals surface area contributed by atoms with E-state index in [1.165, 1.54) is 25.3 Å². The highest BCUT2D eigenvalue weighted by molar-refractivity contribution is 5.91. The third-order valence-corrected chi connectivity index (χ3v) is 3.16. The van der Waals surface area contributed by atoms with Crippen LogP contribution in [0.3, 0.4) is 0 Å². The number of piperidine rings is 1. The highest BCUT2D eigenvalue weighted by Gasteiger charge is 2.12. The van der Waals surface area contributed by atoms with E-state index in [0.29, 0.717) is 0 Å². The van der Waals surface area contributed by atoms with Crippen molar-refractivity contribution in [3.05, 3.63) is 35.9 Å². The van der Waals surface area contributed by atoms with Crippen molar-refractivity contribution >= 4 is 17.7 Å². The van der Waals surface area contributed by atoms with Crippen LogP contribution in [-0.2, 0) is 4.79 Å². The number of hydroxylamine groups is 1. The van der Waals surface area contributed by atoms with Crippen LogP contribution < -0.4 is 10.4 Å². The largest absolute Gasteiger partial charge is 0.371 e.